The van der Waals surface area contributed by atoms with E-state index in [1.165, 1.54) is 32.1 Å². The zero-order chi connectivity index (χ0) is 10.7. The number of aryl methyl sites for hydroxylation is 2. The first kappa shape index (κ1) is 11.2. The van der Waals surface area contributed by atoms with Crippen LogP contribution in [0, 0.1) is 0 Å². The van der Waals surface area contributed by atoms with E-state index in [9.17, 15) is 0 Å². The average molecular weight is 223 g/mol. The summed E-state index contributed by atoms with van der Waals surface area (Å²) in [6.07, 6.45) is 6.62. The summed E-state index contributed by atoms with van der Waals surface area (Å²) in [4.78, 5) is 3.22. The summed E-state index contributed by atoms with van der Waals surface area (Å²) < 4.78 is 0. The number of hydrogen-bond acceptors (Lipinski definition) is 2. The third-order valence-corrected chi connectivity index (χ3v) is 4.57. The van der Waals surface area contributed by atoms with Gasteiger partial charge in [-0.1, -0.05) is 13.8 Å². The Bertz CT molecular complexity index is 293. The lowest BCUT2D eigenvalue weighted by molar-refractivity contribution is 0.545. The molecule has 1 N–H and O–H groups in total. The van der Waals surface area contributed by atoms with E-state index >= 15 is 0 Å². The van der Waals surface area contributed by atoms with Crippen LogP contribution in [0.5, 0.6) is 0 Å². The molecule has 1 unspecified atom stereocenters. The van der Waals surface area contributed by atoms with Crippen LogP contribution in [0.2, 0.25) is 0 Å². The van der Waals surface area contributed by atoms with Crippen molar-refractivity contribution in [3.8, 4) is 0 Å². The largest absolute Gasteiger partial charge is 0.310 e. The minimum atomic E-state index is 0.589. The SMILES string of the molecule is CCNC(CC)c1cc2c(s1)CCCC2. The monoisotopic (exact) mass is 223 g/mol. The van der Waals surface area contributed by atoms with E-state index in [1.807, 2.05) is 11.3 Å². The van der Waals surface area contributed by atoms with E-state index in [-0.39, 0.29) is 0 Å². The molecule has 0 saturated heterocycles. The minimum absolute atomic E-state index is 0.589. The maximum absolute atomic E-state index is 3.57. The molecule has 1 aromatic rings. The fraction of sp³-hybridized carbons (Fsp3) is 0.692. The molecule has 1 heterocycles. The maximum Gasteiger partial charge on any atom is 0.0412 e. The summed E-state index contributed by atoms with van der Waals surface area (Å²) in [5.74, 6) is 0. The van der Waals surface area contributed by atoms with Crippen LogP contribution in [-0.2, 0) is 12.8 Å². The van der Waals surface area contributed by atoms with Crippen LogP contribution in [0.1, 0.15) is 54.5 Å². The van der Waals surface area contributed by atoms with Gasteiger partial charge in [-0.3, -0.25) is 0 Å². The van der Waals surface area contributed by atoms with E-state index < -0.39 is 0 Å². The van der Waals surface area contributed by atoms with Crippen molar-refractivity contribution in [1.82, 2.24) is 5.32 Å². The molecule has 0 bridgehead atoms. The minimum Gasteiger partial charge on any atom is -0.310 e. The summed E-state index contributed by atoms with van der Waals surface area (Å²) in [5, 5.41) is 3.57. The predicted molar refractivity (Wildman–Crippen MR) is 67.7 cm³/mol. The number of hydrogen-bond donors (Lipinski definition) is 1. The molecule has 84 valence electrons. The molecule has 2 heteroatoms. The summed E-state index contributed by atoms with van der Waals surface area (Å²) in [6.45, 7) is 5.53. The summed E-state index contributed by atoms with van der Waals surface area (Å²) in [6, 6.07) is 3.04. The molecule has 0 amide bonds. The predicted octanol–water partition coefficient (Wildman–Crippen LogP) is 3.69. The van der Waals surface area contributed by atoms with Crippen molar-refractivity contribution in [2.24, 2.45) is 0 Å². The Balaban J connectivity index is 2.16. The number of fused-ring (bicyclic) bond motifs is 1. The van der Waals surface area contributed by atoms with Gasteiger partial charge >= 0.3 is 0 Å². The molecule has 1 nitrogen and oxygen atoms in total. The smallest absolute Gasteiger partial charge is 0.0412 e. The highest BCUT2D eigenvalue weighted by molar-refractivity contribution is 7.12. The second-order valence-corrected chi connectivity index (χ2v) is 5.49. The third kappa shape index (κ3) is 2.43. The van der Waals surface area contributed by atoms with Crippen molar-refractivity contribution < 1.29 is 0 Å². The van der Waals surface area contributed by atoms with Crippen molar-refractivity contribution in [3.63, 3.8) is 0 Å². The van der Waals surface area contributed by atoms with E-state index in [4.69, 9.17) is 0 Å². The summed E-state index contributed by atoms with van der Waals surface area (Å²) in [7, 11) is 0. The van der Waals surface area contributed by atoms with Gasteiger partial charge in [-0.25, -0.2) is 0 Å². The lowest BCUT2D eigenvalue weighted by Crippen LogP contribution is -2.18. The van der Waals surface area contributed by atoms with Gasteiger partial charge in [0, 0.05) is 15.8 Å². The lowest BCUT2D eigenvalue weighted by atomic mass is 9.98. The summed E-state index contributed by atoms with van der Waals surface area (Å²) in [5.41, 5.74) is 1.64. The van der Waals surface area contributed by atoms with Crippen LogP contribution in [-0.4, -0.2) is 6.54 Å². The Hall–Kier alpha value is -0.340. The highest BCUT2D eigenvalue weighted by atomic mass is 32.1. The molecule has 0 radical (unpaired) electrons. The number of thiophene rings is 1. The van der Waals surface area contributed by atoms with Crippen LogP contribution < -0.4 is 5.32 Å². The van der Waals surface area contributed by atoms with Gasteiger partial charge in [-0.2, -0.15) is 0 Å². The van der Waals surface area contributed by atoms with Crippen molar-refractivity contribution in [1.29, 1.82) is 0 Å². The molecule has 0 aliphatic heterocycles. The van der Waals surface area contributed by atoms with Gasteiger partial charge in [0.1, 0.15) is 0 Å². The van der Waals surface area contributed by atoms with Gasteiger partial charge in [0.15, 0.2) is 0 Å². The Morgan fingerprint density at radius 3 is 2.80 bits per heavy atom. The fourth-order valence-corrected chi connectivity index (χ4v) is 3.79. The van der Waals surface area contributed by atoms with Gasteiger partial charge in [0.05, 0.1) is 0 Å². The highest BCUT2D eigenvalue weighted by Gasteiger charge is 2.17. The molecule has 2 rings (SSSR count). The van der Waals surface area contributed by atoms with E-state index in [0.29, 0.717) is 6.04 Å². The van der Waals surface area contributed by atoms with Crippen molar-refractivity contribution >= 4 is 11.3 Å². The molecule has 0 aromatic carbocycles. The zero-order valence-electron chi connectivity index (χ0n) is 9.81. The van der Waals surface area contributed by atoms with Crippen LogP contribution in [0.25, 0.3) is 0 Å². The van der Waals surface area contributed by atoms with Gasteiger partial charge < -0.3 is 5.32 Å². The maximum atomic E-state index is 3.57. The van der Waals surface area contributed by atoms with Gasteiger partial charge in [-0.05, 0) is 50.3 Å². The van der Waals surface area contributed by atoms with E-state index in [1.54, 1.807) is 15.3 Å². The molecule has 1 atom stereocenters. The normalized spacial score (nSPS) is 17.5. The van der Waals surface area contributed by atoms with Gasteiger partial charge in [0.25, 0.3) is 0 Å². The Labute approximate surface area is 96.9 Å². The van der Waals surface area contributed by atoms with Crippen LogP contribution in [0.3, 0.4) is 0 Å². The first-order valence-electron chi connectivity index (χ1n) is 6.20. The average Bonchev–Trinajstić information content (AvgIpc) is 2.69. The van der Waals surface area contributed by atoms with Crippen molar-refractivity contribution in [3.05, 3.63) is 21.4 Å². The van der Waals surface area contributed by atoms with Gasteiger partial charge in [-0.15, -0.1) is 11.3 Å². The molecular weight excluding hydrogens is 202 g/mol. The topological polar surface area (TPSA) is 12.0 Å². The molecule has 0 fully saturated rings. The van der Waals surface area contributed by atoms with E-state index in [2.05, 4.69) is 25.2 Å². The lowest BCUT2D eigenvalue weighted by Gasteiger charge is -2.13. The molecule has 0 spiro atoms. The van der Waals surface area contributed by atoms with Crippen molar-refractivity contribution in [2.45, 2.75) is 52.0 Å². The fourth-order valence-electron chi connectivity index (χ4n) is 2.38. The highest BCUT2D eigenvalue weighted by Crippen LogP contribution is 2.33. The van der Waals surface area contributed by atoms with Gasteiger partial charge in [0.2, 0.25) is 0 Å². The quantitative estimate of drug-likeness (QED) is 0.821. The molecular formula is C13H21NS. The first-order valence-corrected chi connectivity index (χ1v) is 7.01. The molecule has 0 saturated carbocycles. The third-order valence-electron chi connectivity index (χ3n) is 3.22. The van der Waals surface area contributed by atoms with E-state index in [0.717, 1.165) is 6.54 Å². The zero-order valence-corrected chi connectivity index (χ0v) is 10.6. The Morgan fingerprint density at radius 2 is 2.13 bits per heavy atom. The second kappa shape index (κ2) is 5.13. The first-order chi connectivity index (χ1) is 7.35. The second-order valence-electron chi connectivity index (χ2n) is 4.32. The molecule has 15 heavy (non-hydrogen) atoms. The summed E-state index contributed by atoms with van der Waals surface area (Å²) >= 11 is 2.05. The number of nitrogens with one attached hydrogen (secondary N) is 1. The van der Waals surface area contributed by atoms with Crippen LogP contribution in [0.4, 0.5) is 0 Å². The Kier molecular flexibility index (Phi) is 3.81. The molecule has 1 aliphatic rings. The van der Waals surface area contributed by atoms with Crippen LogP contribution >= 0.6 is 11.3 Å². The molecule has 1 aromatic heterocycles. The number of rotatable bonds is 4. The standard InChI is InChI=1S/C13H21NS/c1-3-11(14-4-2)13-9-10-7-5-6-8-12(10)15-13/h9,11,14H,3-8H2,1-2H3. The molecule has 1 aliphatic carbocycles. The van der Waals surface area contributed by atoms with Crippen molar-refractivity contribution in [2.75, 3.05) is 6.54 Å². The van der Waals surface area contributed by atoms with Crippen LogP contribution in [0.15, 0.2) is 6.07 Å². The Morgan fingerprint density at radius 1 is 1.33 bits per heavy atom.